The van der Waals surface area contributed by atoms with Crippen molar-refractivity contribution in [3.63, 3.8) is 0 Å². The van der Waals surface area contributed by atoms with Gasteiger partial charge in [-0.15, -0.1) is 0 Å². The molecule has 1 aromatic rings. The number of halogens is 1. The molecule has 0 spiro atoms. The summed E-state index contributed by atoms with van der Waals surface area (Å²) >= 11 is 0. The molecular weight excluding hydrogens is 185 g/mol. The number of nitrogens with zero attached hydrogens (tertiary/aromatic N) is 2. The highest BCUT2D eigenvalue weighted by molar-refractivity contribution is 5.94. The van der Waals surface area contributed by atoms with E-state index in [2.05, 4.69) is 10.3 Å². The SMILES string of the molecule is CC(C#N)NC(=O)c1cncc(F)c1. The monoisotopic (exact) mass is 193 g/mol. The van der Waals surface area contributed by atoms with Crippen molar-refractivity contribution in [2.45, 2.75) is 13.0 Å². The van der Waals surface area contributed by atoms with Gasteiger partial charge in [-0.05, 0) is 13.0 Å². The van der Waals surface area contributed by atoms with Crippen LogP contribution >= 0.6 is 0 Å². The molecule has 0 aliphatic rings. The van der Waals surface area contributed by atoms with E-state index < -0.39 is 17.8 Å². The molecule has 1 unspecified atom stereocenters. The molecule has 1 atom stereocenters. The molecule has 0 fully saturated rings. The quantitative estimate of drug-likeness (QED) is 0.757. The number of rotatable bonds is 2. The number of carbonyl (C=O) groups excluding carboxylic acids is 1. The van der Waals surface area contributed by atoms with Crippen LogP contribution in [0.5, 0.6) is 0 Å². The maximum Gasteiger partial charge on any atom is 0.253 e. The van der Waals surface area contributed by atoms with Gasteiger partial charge in [0.1, 0.15) is 11.9 Å². The van der Waals surface area contributed by atoms with Crippen molar-refractivity contribution in [3.05, 3.63) is 29.8 Å². The number of amides is 1. The fraction of sp³-hybridized carbons (Fsp3) is 0.222. The number of hydrogen-bond donors (Lipinski definition) is 1. The largest absolute Gasteiger partial charge is 0.336 e. The lowest BCUT2D eigenvalue weighted by molar-refractivity contribution is 0.0947. The molecule has 1 amide bonds. The van der Waals surface area contributed by atoms with Crippen molar-refractivity contribution in [2.24, 2.45) is 0 Å². The van der Waals surface area contributed by atoms with Gasteiger partial charge in [-0.3, -0.25) is 9.78 Å². The van der Waals surface area contributed by atoms with Crippen molar-refractivity contribution < 1.29 is 9.18 Å². The summed E-state index contributed by atoms with van der Waals surface area (Å²) in [5, 5.41) is 10.8. The first-order valence-corrected chi connectivity index (χ1v) is 3.94. The highest BCUT2D eigenvalue weighted by Gasteiger charge is 2.09. The molecule has 0 aliphatic carbocycles. The summed E-state index contributed by atoms with van der Waals surface area (Å²) in [7, 11) is 0. The van der Waals surface area contributed by atoms with Crippen molar-refractivity contribution in [3.8, 4) is 6.07 Å². The Morgan fingerprint density at radius 2 is 2.43 bits per heavy atom. The van der Waals surface area contributed by atoms with E-state index in [1.807, 2.05) is 6.07 Å². The lowest BCUT2D eigenvalue weighted by atomic mass is 10.2. The molecule has 14 heavy (non-hydrogen) atoms. The maximum absolute atomic E-state index is 12.6. The standard InChI is InChI=1S/C9H8FN3O/c1-6(3-11)13-9(14)7-2-8(10)5-12-4-7/h2,4-6H,1H3,(H,13,14). The molecule has 0 aliphatic heterocycles. The van der Waals surface area contributed by atoms with Crippen molar-refractivity contribution in [2.75, 3.05) is 0 Å². The Bertz CT molecular complexity index is 386. The van der Waals surface area contributed by atoms with E-state index in [1.165, 1.54) is 13.1 Å². The second kappa shape index (κ2) is 4.33. The van der Waals surface area contributed by atoms with E-state index in [-0.39, 0.29) is 5.56 Å². The van der Waals surface area contributed by atoms with E-state index in [1.54, 1.807) is 0 Å². The third kappa shape index (κ3) is 2.52. The second-order valence-electron chi connectivity index (χ2n) is 2.72. The van der Waals surface area contributed by atoms with Gasteiger partial charge in [-0.2, -0.15) is 5.26 Å². The summed E-state index contributed by atoms with van der Waals surface area (Å²) < 4.78 is 12.6. The van der Waals surface area contributed by atoms with Crippen molar-refractivity contribution >= 4 is 5.91 Å². The predicted octanol–water partition coefficient (Wildman–Crippen LogP) is 0.863. The van der Waals surface area contributed by atoms with Gasteiger partial charge in [0.2, 0.25) is 0 Å². The van der Waals surface area contributed by atoms with Gasteiger partial charge < -0.3 is 5.32 Å². The minimum Gasteiger partial charge on any atom is -0.336 e. The lowest BCUT2D eigenvalue weighted by Gasteiger charge is -2.05. The molecule has 1 aromatic heterocycles. The Kier molecular flexibility index (Phi) is 3.13. The third-order valence-electron chi connectivity index (χ3n) is 1.51. The molecule has 1 N–H and O–H groups in total. The van der Waals surface area contributed by atoms with Crippen LogP contribution in [-0.4, -0.2) is 16.9 Å². The van der Waals surface area contributed by atoms with E-state index in [9.17, 15) is 9.18 Å². The fourth-order valence-electron chi connectivity index (χ4n) is 0.848. The zero-order valence-electron chi connectivity index (χ0n) is 7.49. The van der Waals surface area contributed by atoms with Crippen LogP contribution < -0.4 is 5.32 Å². The topological polar surface area (TPSA) is 65.8 Å². The number of nitriles is 1. The van der Waals surface area contributed by atoms with Crippen LogP contribution in [-0.2, 0) is 0 Å². The number of hydrogen-bond acceptors (Lipinski definition) is 3. The van der Waals surface area contributed by atoms with Gasteiger partial charge in [0.15, 0.2) is 0 Å². The lowest BCUT2D eigenvalue weighted by Crippen LogP contribution is -2.31. The van der Waals surface area contributed by atoms with Crippen LogP contribution in [0.15, 0.2) is 18.5 Å². The molecule has 0 saturated heterocycles. The van der Waals surface area contributed by atoms with Crippen LogP contribution in [0, 0.1) is 17.1 Å². The van der Waals surface area contributed by atoms with Crippen LogP contribution in [0.25, 0.3) is 0 Å². The average molecular weight is 193 g/mol. The molecule has 4 nitrogen and oxygen atoms in total. The number of pyridine rings is 1. The molecule has 0 aromatic carbocycles. The predicted molar refractivity (Wildman–Crippen MR) is 46.7 cm³/mol. The Hall–Kier alpha value is -1.96. The first kappa shape index (κ1) is 10.1. The molecule has 0 radical (unpaired) electrons. The van der Waals surface area contributed by atoms with E-state index in [0.29, 0.717) is 0 Å². The van der Waals surface area contributed by atoms with Crippen LogP contribution in [0.2, 0.25) is 0 Å². The molecule has 72 valence electrons. The first-order valence-electron chi connectivity index (χ1n) is 3.94. The van der Waals surface area contributed by atoms with Crippen LogP contribution in [0.4, 0.5) is 4.39 Å². The molecule has 5 heteroatoms. The Balaban J connectivity index is 2.76. The molecule has 1 heterocycles. The zero-order valence-corrected chi connectivity index (χ0v) is 7.49. The fourth-order valence-corrected chi connectivity index (χ4v) is 0.848. The zero-order chi connectivity index (χ0) is 10.6. The first-order chi connectivity index (χ1) is 6.63. The average Bonchev–Trinajstić information content (AvgIpc) is 2.17. The van der Waals surface area contributed by atoms with E-state index >= 15 is 0 Å². The Morgan fingerprint density at radius 1 is 1.71 bits per heavy atom. The molecule has 1 rings (SSSR count). The summed E-state index contributed by atoms with van der Waals surface area (Å²) in [5.41, 5.74) is 0.104. The highest BCUT2D eigenvalue weighted by Crippen LogP contribution is 2.00. The minimum atomic E-state index is -0.606. The third-order valence-corrected chi connectivity index (χ3v) is 1.51. The number of nitrogens with one attached hydrogen (secondary N) is 1. The Morgan fingerprint density at radius 3 is 3.00 bits per heavy atom. The summed E-state index contributed by atoms with van der Waals surface area (Å²) in [4.78, 5) is 14.8. The number of aromatic nitrogens is 1. The Labute approximate surface area is 80.4 Å². The smallest absolute Gasteiger partial charge is 0.253 e. The minimum absolute atomic E-state index is 0.104. The molecule has 0 saturated carbocycles. The van der Waals surface area contributed by atoms with Crippen molar-refractivity contribution in [1.82, 2.24) is 10.3 Å². The van der Waals surface area contributed by atoms with Gasteiger partial charge in [0.05, 0.1) is 17.8 Å². The van der Waals surface area contributed by atoms with Gasteiger partial charge in [-0.25, -0.2) is 4.39 Å². The summed E-state index contributed by atoms with van der Waals surface area (Å²) in [5.74, 6) is -1.09. The normalized spacial score (nSPS) is 11.5. The highest BCUT2D eigenvalue weighted by atomic mass is 19.1. The van der Waals surface area contributed by atoms with Crippen LogP contribution in [0.3, 0.4) is 0 Å². The summed E-state index contributed by atoms with van der Waals surface area (Å²) in [6, 6.07) is 2.29. The van der Waals surface area contributed by atoms with E-state index in [4.69, 9.17) is 5.26 Å². The maximum atomic E-state index is 12.6. The van der Waals surface area contributed by atoms with E-state index in [0.717, 1.165) is 12.3 Å². The van der Waals surface area contributed by atoms with Crippen LogP contribution in [0.1, 0.15) is 17.3 Å². The summed E-state index contributed by atoms with van der Waals surface area (Å²) in [6.45, 7) is 1.53. The summed E-state index contributed by atoms with van der Waals surface area (Å²) in [6.07, 6.45) is 2.24. The molecular formula is C9H8FN3O. The van der Waals surface area contributed by atoms with Crippen molar-refractivity contribution in [1.29, 1.82) is 5.26 Å². The van der Waals surface area contributed by atoms with Gasteiger partial charge >= 0.3 is 0 Å². The second-order valence-corrected chi connectivity index (χ2v) is 2.72. The van der Waals surface area contributed by atoms with Gasteiger partial charge in [-0.1, -0.05) is 0 Å². The van der Waals surface area contributed by atoms with Gasteiger partial charge in [0, 0.05) is 6.20 Å². The van der Waals surface area contributed by atoms with Gasteiger partial charge in [0.25, 0.3) is 5.91 Å². The molecule has 0 bridgehead atoms. The number of carbonyl (C=O) groups is 1.